The summed E-state index contributed by atoms with van der Waals surface area (Å²) in [6.07, 6.45) is 0.905. The molecule has 98 valence electrons. The van der Waals surface area contributed by atoms with Crippen molar-refractivity contribution in [1.29, 1.82) is 0 Å². The summed E-state index contributed by atoms with van der Waals surface area (Å²) < 4.78 is 13.6. The summed E-state index contributed by atoms with van der Waals surface area (Å²) in [6, 6.07) is 11.5. The number of carbonyl (C=O) groups is 1. The van der Waals surface area contributed by atoms with Gasteiger partial charge in [-0.05, 0) is 36.2 Å². The predicted octanol–water partition coefficient (Wildman–Crippen LogP) is 3.22. The lowest BCUT2D eigenvalue weighted by molar-refractivity contribution is 0.102. The zero-order valence-electron chi connectivity index (χ0n) is 10.6. The molecule has 0 saturated heterocycles. The molecule has 0 atom stereocenters. The molecular weight excluding hydrogens is 243 g/mol. The third-order valence-electron chi connectivity index (χ3n) is 2.91. The Morgan fingerprint density at radius 2 is 1.89 bits per heavy atom. The number of para-hydroxylation sites is 1. The largest absolute Gasteiger partial charge is 0.397 e. The molecule has 2 rings (SSSR count). The van der Waals surface area contributed by atoms with Gasteiger partial charge in [0.25, 0.3) is 5.91 Å². The van der Waals surface area contributed by atoms with Crippen LogP contribution >= 0.6 is 0 Å². The van der Waals surface area contributed by atoms with Gasteiger partial charge in [0.05, 0.1) is 5.69 Å². The van der Waals surface area contributed by atoms with Crippen LogP contribution in [0.25, 0.3) is 0 Å². The van der Waals surface area contributed by atoms with Gasteiger partial charge >= 0.3 is 0 Å². The second-order valence-electron chi connectivity index (χ2n) is 4.21. The van der Waals surface area contributed by atoms with E-state index in [1.807, 2.05) is 19.1 Å². The minimum atomic E-state index is -0.543. The number of halogens is 1. The van der Waals surface area contributed by atoms with E-state index in [4.69, 9.17) is 5.73 Å². The summed E-state index contributed by atoms with van der Waals surface area (Å²) in [5.41, 5.74) is 7.48. The quantitative estimate of drug-likeness (QED) is 0.830. The lowest BCUT2D eigenvalue weighted by Gasteiger charge is -2.09. The van der Waals surface area contributed by atoms with E-state index < -0.39 is 5.82 Å². The Hall–Kier alpha value is -2.36. The van der Waals surface area contributed by atoms with Crippen molar-refractivity contribution in [1.82, 2.24) is 0 Å². The van der Waals surface area contributed by atoms with Crippen LogP contribution in [-0.2, 0) is 6.42 Å². The summed E-state index contributed by atoms with van der Waals surface area (Å²) in [7, 11) is 0. The van der Waals surface area contributed by atoms with E-state index in [0.29, 0.717) is 5.56 Å². The molecule has 0 radical (unpaired) electrons. The molecule has 0 aliphatic carbocycles. The lowest BCUT2D eigenvalue weighted by atomic mass is 10.1. The fourth-order valence-electron chi connectivity index (χ4n) is 1.75. The van der Waals surface area contributed by atoms with Gasteiger partial charge in [0, 0.05) is 5.56 Å². The molecule has 0 aliphatic heterocycles. The van der Waals surface area contributed by atoms with E-state index in [-0.39, 0.29) is 17.3 Å². The average Bonchev–Trinajstić information content (AvgIpc) is 2.43. The molecular formula is C15H15FN2O. The summed E-state index contributed by atoms with van der Waals surface area (Å²) >= 11 is 0. The second-order valence-corrected chi connectivity index (χ2v) is 4.21. The zero-order valence-corrected chi connectivity index (χ0v) is 10.6. The normalized spacial score (nSPS) is 10.2. The summed E-state index contributed by atoms with van der Waals surface area (Å²) in [4.78, 5) is 12.0. The standard InChI is InChI=1S/C15H15FN2O/c1-2-10-6-8-11(9-7-10)15(19)18-14-12(16)4-3-5-13(14)17/h3-9H,2,17H2,1H3,(H,18,19). The van der Waals surface area contributed by atoms with Crippen molar-refractivity contribution in [2.45, 2.75) is 13.3 Å². The van der Waals surface area contributed by atoms with Gasteiger partial charge in [-0.1, -0.05) is 25.1 Å². The first-order chi connectivity index (χ1) is 9.11. The number of carbonyl (C=O) groups excluding carboxylic acids is 1. The van der Waals surface area contributed by atoms with E-state index in [0.717, 1.165) is 12.0 Å². The molecule has 0 aliphatic rings. The van der Waals surface area contributed by atoms with Gasteiger partial charge in [0.1, 0.15) is 11.5 Å². The van der Waals surface area contributed by atoms with E-state index in [9.17, 15) is 9.18 Å². The third-order valence-corrected chi connectivity index (χ3v) is 2.91. The summed E-state index contributed by atoms with van der Waals surface area (Å²) in [5.74, 6) is -0.919. The minimum Gasteiger partial charge on any atom is -0.397 e. The number of nitrogens with one attached hydrogen (secondary N) is 1. The highest BCUT2D eigenvalue weighted by Gasteiger charge is 2.11. The van der Waals surface area contributed by atoms with Crippen molar-refractivity contribution < 1.29 is 9.18 Å². The van der Waals surface area contributed by atoms with Gasteiger partial charge < -0.3 is 11.1 Å². The summed E-state index contributed by atoms with van der Waals surface area (Å²) in [6.45, 7) is 2.04. The van der Waals surface area contributed by atoms with Gasteiger partial charge in [-0.15, -0.1) is 0 Å². The van der Waals surface area contributed by atoms with Gasteiger partial charge in [-0.25, -0.2) is 4.39 Å². The topological polar surface area (TPSA) is 55.1 Å². The van der Waals surface area contributed by atoms with Crippen LogP contribution in [0, 0.1) is 5.82 Å². The third kappa shape index (κ3) is 2.91. The van der Waals surface area contributed by atoms with Crippen molar-refractivity contribution in [2.75, 3.05) is 11.1 Å². The monoisotopic (exact) mass is 258 g/mol. The highest BCUT2D eigenvalue weighted by Crippen LogP contribution is 2.22. The van der Waals surface area contributed by atoms with Crippen LogP contribution in [0.5, 0.6) is 0 Å². The lowest BCUT2D eigenvalue weighted by Crippen LogP contribution is -2.14. The van der Waals surface area contributed by atoms with Gasteiger partial charge in [0.15, 0.2) is 0 Å². The Labute approximate surface area is 111 Å². The van der Waals surface area contributed by atoms with Crippen molar-refractivity contribution in [3.63, 3.8) is 0 Å². The van der Waals surface area contributed by atoms with E-state index in [2.05, 4.69) is 5.32 Å². The molecule has 0 fully saturated rings. The number of amides is 1. The molecule has 4 heteroatoms. The molecule has 0 spiro atoms. The van der Waals surface area contributed by atoms with Crippen molar-refractivity contribution in [3.8, 4) is 0 Å². The number of hydrogen-bond acceptors (Lipinski definition) is 2. The first-order valence-corrected chi connectivity index (χ1v) is 6.06. The van der Waals surface area contributed by atoms with Gasteiger partial charge in [-0.2, -0.15) is 0 Å². The Balaban J connectivity index is 2.20. The SMILES string of the molecule is CCc1ccc(C(=O)Nc2c(N)cccc2F)cc1. The number of aryl methyl sites for hydroxylation is 1. The first kappa shape index (κ1) is 13.1. The van der Waals surface area contributed by atoms with Crippen molar-refractivity contribution in [3.05, 3.63) is 59.4 Å². The summed E-state index contributed by atoms with van der Waals surface area (Å²) in [5, 5.41) is 2.49. The molecule has 19 heavy (non-hydrogen) atoms. The maximum Gasteiger partial charge on any atom is 0.255 e. The van der Waals surface area contributed by atoms with Crippen LogP contribution in [0.2, 0.25) is 0 Å². The minimum absolute atomic E-state index is 0.0204. The molecule has 0 unspecified atom stereocenters. The average molecular weight is 258 g/mol. The predicted molar refractivity (Wildman–Crippen MR) is 74.6 cm³/mol. The number of benzene rings is 2. The van der Waals surface area contributed by atoms with Gasteiger partial charge in [-0.3, -0.25) is 4.79 Å². The Morgan fingerprint density at radius 1 is 1.21 bits per heavy atom. The Kier molecular flexibility index (Phi) is 3.80. The molecule has 1 amide bonds. The van der Waals surface area contributed by atoms with Crippen LogP contribution in [0.3, 0.4) is 0 Å². The molecule has 0 aromatic heterocycles. The highest BCUT2D eigenvalue weighted by molar-refractivity contribution is 6.05. The Morgan fingerprint density at radius 3 is 2.47 bits per heavy atom. The van der Waals surface area contributed by atoms with Crippen LogP contribution in [0.15, 0.2) is 42.5 Å². The molecule has 2 aromatic rings. The molecule has 0 saturated carbocycles. The number of nitrogens with two attached hydrogens (primary N) is 1. The van der Waals surface area contributed by atoms with Crippen molar-refractivity contribution in [2.24, 2.45) is 0 Å². The highest BCUT2D eigenvalue weighted by atomic mass is 19.1. The number of hydrogen-bond donors (Lipinski definition) is 2. The molecule has 3 nitrogen and oxygen atoms in total. The molecule has 0 bridgehead atoms. The number of anilines is 2. The van der Waals surface area contributed by atoms with E-state index in [1.54, 1.807) is 18.2 Å². The van der Waals surface area contributed by atoms with E-state index >= 15 is 0 Å². The van der Waals surface area contributed by atoms with Crippen LogP contribution in [0.1, 0.15) is 22.8 Å². The van der Waals surface area contributed by atoms with Crippen molar-refractivity contribution >= 4 is 17.3 Å². The second kappa shape index (κ2) is 5.52. The number of nitrogen functional groups attached to an aromatic ring is 1. The Bertz CT molecular complexity index is 573. The fraction of sp³-hybridized carbons (Fsp3) is 0.133. The first-order valence-electron chi connectivity index (χ1n) is 6.06. The van der Waals surface area contributed by atoms with E-state index in [1.165, 1.54) is 12.1 Å². The smallest absolute Gasteiger partial charge is 0.255 e. The maximum atomic E-state index is 13.6. The number of rotatable bonds is 3. The molecule has 3 N–H and O–H groups in total. The van der Waals surface area contributed by atoms with Crippen LogP contribution < -0.4 is 11.1 Å². The van der Waals surface area contributed by atoms with Crippen LogP contribution in [-0.4, -0.2) is 5.91 Å². The fourth-order valence-corrected chi connectivity index (χ4v) is 1.75. The van der Waals surface area contributed by atoms with Crippen LogP contribution in [0.4, 0.5) is 15.8 Å². The maximum absolute atomic E-state index is 13.6. The molecule has 2 aromatic carbocycles. The molecule has 0 heterocycles. The zero-order chi connectivity index (χ0) is 13.8. The van der Waals surface area contributed by atoms with Gasteiger partial charge in [0.2, 0.25) is 0 Å².